The molecule has 1 atom stereocenters. The quantitative estimate of drug-likeness (QED) is 0.332. The Bertz CT molecular complexity index is 627. The maximum atomic E-state index is 11.6. The van der Waals surface area contributed by atoms with Crippen LogP contribution in [0.1, 0.15) is 25.7 Å². The summed E-state index contributed by atoms with van der Waals surface area (Å²) in [4.78, 5) is 23.2. The number of carbonyl (C=O) groups excluding carboxylic acids is 2. The predicted octanol–water partition coefficient (Wildman–Crippen LogP) is 3.14. The zero-order chi connectivity index (χ0) is 19.3. The molecule has 2 aromatic rings. The first-order valence-electron chi connectivity index (χ1n) is 8.91. The van der Waals surface area contributed by atoms with Crippen LogP contribution in [0.15, 0.2) is 60.7 Å². The number of ether oxygens (including phenoxy) is 3. The first-order valence-corrected chi connectivity index (χ1v) is 8.91. The molecule has 1 aliphatic rings. The largest absolute Gasteiger partial charge is 0.427 e. The number of aliphatic hydroxyl groups excluding tert-OH is 1. The van der Waals surface area contributed by atoms with Gasteiger partial charge in [0.1, 0.15) is 17.6 Å². The van der Waals surface area contributed by atoms with E-state index in [4.69, 9.17) is 14.6 Å². The van der Waals surface area contributed by atoms with Crippen LogP contribution in [0.5, 0.6) is 11.5 Å². The summed E-state index contributed by atoms with van der Waals surface area (Å²) >= 11 is 0. The van der Waals surface area contributed by atoms with Crippen molar-refractivity contribution in [1.29, 1.82) is 0 Å². The molecule has 1 heterocycles. The molecule has 0 amide bonds. The van der Waals surface area contributed by atoms with E-state index in [1.54, 1.807) is 24.3 Å². The third kappa shape index (κ3) is 9.53. The maximum absolute atomic E-state index is 11.6. The Hall–Kier alpha value is -2.70. The Morgan fingerprint density at radius 3 is 1.56 bits per heavy atom. The van der Waals surface area contributed by atoms with Gasteiger partial charge in [0, 0.05) is 12.8 Å². The van der Waals surface area contributed by atoms with Crippen LogP contribution in [0.2, 0.25) is 0 Å². The normalized spacial score (nSPS) is 14.5. The number of unbranched alkanes of at least 4 members (excludes halogenated alkanes) is 1. The molecule has 6 nitrogen and oxygen atoms in total. The Morgan fingerprint density at radius 1 is 0.852 bits per heavy atom. The van der Waals surface area contributed by atoms with Gasteiger partial charge in [0.15, 0.2) is 0 Å². The number of epoxide rings is 1. The third-order valence-corrected chi connectivity index (χ3v) is 3.57. The van der Waals surface area contributed by atoms with Gasteiger partial charge in [0.2, 0.25) is 0 Å². The molecule has 1 aliphatic heterocycles. The van der Waals surface area contributed by atoms with Gasteiger partial charge in [-0.15, -0.1) is 0 Å². The molecule has 0 spiro atoms. The molecular weight excluding hydrogens is 348 g/mol. The lowest BCUT2D eigenvalue weighted by atomic mass is 10.2. The first kappa shape index (κ1) is 20.6. The molecule has 0 aromatic heterocycles. The Balaban J connectivity index is 0.000000451. The fourth-order valence-electron chi connectivity index (χ4n) is 2.05. The molecular formula is C21H24O6. The van der Waals surface area contributed by atoms with Crippen LogP contribution < -0.4 is 9.47 Å². The monoisotopic (exact) mass is 372 g/mol. The SMILES string of the molecule is O=C(CCCCC(=O)Oc1ccccc1)Oc1ccccc1.OCC1CO1. The summed E-state index contributed by atoms with van der Waals surface area (Å²) in [5.74, 6) is 0.497. The average Bonchev–Trinajstić information content (AvgIpc) is 3.52. The number of benzene rings is 2. The second-order valence-corrected chi connectivity index (χ2v) is 5.92. The van der Waals surface area contributed by atoms with Gasteiger partial charge in [-0.05, 0) is 37.1 Å². The molecule has 27 heavy (non-hydrogen) atoms. The fourth-order valence-corrected chi connectivity index (χ4v) is 2.05. The van der Waals surface area contributed by atoms with Crippen molar-refractivity contribution in [2.45, 2.75) is 31.8 Å². The minimum atomic E-state index is -0.289. The van der Waals surface area contributed by atoms with Crippen molar-refractivity contribution in [3.63, 3.8) is 0 Å². The zero-order valence-corrected chi connectivity index (χ0v) is 15.1. The van der Waals surface area contributed by atoms with Gasteiger partial charge in [0.05, 0.1) is 13.2 Å². The topological polar surface area (TPSA) is 85.4 Å². The molecule has 1 fully saturated rings. The van der Waals surface area contributed by atoms with Crippen molar-refractivity contribution < 1.29 is 28.9 Å². The highest BCUT2D eigenvalue weighted by Gasteiger charge is 2.19. The summed E-state index contributed by atoms with van der Waals surface area (Å²) in [6.07, 6.45) is 1.95. The average molecular weight is 372 g/mol. The van der Waals surface area contributed by atoms with E-state index in [-0.39, 0.29) is 37.5 Å². The van der Waals surface area contributed by atoms with Gasteiger partial charge in [-0.1, -0.05) is 36.4 Å². The van der Waals surface area contributed by atoms with Crippen molar-refractivity contribution >= 4 is 11.9 Å². The number of hydrogen-bond donors (Lipinski definition) is 1. The number of esters is 2. The number of para-hydroxylation sites is 2. The van der Waals surface area contributed by atoms with E-state index in [1.165, 1.54) is 0 Å². The van der Waals surface area contributed by atoms with Crippen molar-refractivity contribution in [2.24, 2.45) is 0 Å². The molecule has 1 N–H and O–H groups in total. The standard InChI is InChI=1S/C18H18O4.C3H6O2/c19-17(21-15-9-3-1-4-10-15)13-7-8-14-18(20)22-16-11-5-2-6-12-16;4-1-3-2-5-3/h1-6,9-12H,7-8,13-14H2;3-4H,1-2H2. The Labute approximate surface area is 158 Å². The fraction of sp³-hybridized carbons (Fsp3) is 0.333. The van der Waals surface area contributed by atoms with Crippen molar-refractivity contribution in [2.75, 3.05) is 13.2 Å². The van der Waals surface area contributed by atoms with E-state index >= 15 is 0 Å². The lowest BCUT2D eigenvalue weighted by molar-refractivity contribution is -0.136. The number of rotatable bonds is 8. The van der Waals surface area contributed by atoms with E-state index in [0.29, 0.717) is 24.3 Å². The summed E-state index contributed by atoms with van der Waals surface area (Å²) in [7, 11) is 0. The van der Waals surface area contributed by atoms with Crippen LogP contribution in [0.25, 0.3) is 0 Å². The third-order valence-electron chi connectivity index (χ3n) is 3.57. The van der Waals surface area contributed by atoms with Crippen LogP contribution >= 0.6 is 0 Å². The second kappa shape index (κ2) is 11.8. The minimum absolute atomic E-state index is 0.190. The molecule has 2 aromatic carbocycles. The number of hydrogen-bond acceptors (Lipinski definition) is 6. The highest BCUT2D eigenvalue weighted by molar-refractivity contribution is 5.73. The lowest BCUT2D eigenvalue weighted by Gasteiger charge is -2.05. The summed E-state index contributed by atoms with van der Waals surface area (Å²) in [6.45, 7) is 0.955. The number of carbonyl (C=O) groups is 2. The lowest BCUT2D eigenvalue weighted by Crippen LogP contribution is -2.10. The van der Waals surface area contributed by atoms with Gasteiger partial charge >= 0.3 is 11.9 Å². The van der Waals surface area contributed by atoms with Gasteiger partial charge in [-0.25, -0.2) is 0 Å². The molecule has 1 saturated heterocycles. The van der Waals surface area contributed by atoms with Crippen LogP contribution in [-0.2, 0) is 14.3 Å². The molecule has 0 saturated carbocycles. The van der Waals surface area contributed by atoms with Gasteiger partial charge in [-0.2, -0.15) is 0 Å². The number of aliphatic hydroxyl groups is 1. The molecule has 144 valence electrons. The van der Waals surface area contributed by atoms with Crippen LogP contribution in [0.3, 0.4) is 0 Å². The Kier molecular flexibility index (Phi) is 9.03. The van der Waals surface area contributed by atoms with Crippen molar-refractivity contribution in [3.05, 3.63) is 60.7 Å². The molecule has 6 heteroatoms. The summed E-state index contributed by atoms with van der Waals surface area (Å²) in [5.41, 5.74) is 0. The molecule has 0 bridgehead atoms. The second-order valence-electron chi connectivity index (χ2n) is 5.92. The van der Waals surface area contributed by atoms with E-state index < -0.39 is 0 Å². The first-order chi connectivity index (χ1) is 13.2. The molecule has 1 unspecified atom stereocenters. The Morgan fingerprint density at radius 2 is 1.26 bits per heavy atom. The molecule has 0 aliphatic carbocycles. The summed E-state index contributed by atoms with van der Waals surface area (Å²) in [5, 5.41) is 8.08. The van der Waals surface area contributed by atoms with E-state index in [2.05, 4.69) is 4.74 Å². The zero-order valence-electron chi connectivity index (χ0n) is 15.1. The van der Waals surface area contributed by atoms with E-state index in [9.17, 15) is 9.59 Å². The smallest absolute Gasteiger partial charge is 0.311 e. The maximum Gasteiger partial charge on any atom is 0.311 e. The van der Waals surface area contributed by atoms with E-state index in [1.807, 2.05) is 36.4 Å². The summed E-state index contributed by atoms with van der Waals surface area (Å²) in [6, 6.07) is 17.9. The molecule has 3 rings (SSSR count). The highest BCUT2D eigenvalue weighted by atomic mass is 16.6. The highest BCUT2D eigenvalue weighted by Crippen LogP contribution is 2.12. The predicted molar refractivity (Wildman–Crippen MR) is 99.4 cm³/mol. The molecule has 0 radical (unpaired) electrons. The summed E-state index contributed by atoms with van der Waals surface area (Å²) < 4.78 is 14.9. The van der Waals surface area contributed by atoms with Crippen LogP contribution in [0.4, 0.5) is 0 Å². The van der Waals surface area contributed by atoms with Gasteiger partial charge in [0.25, 0.3) is 0 Å². The van der Waals surface area contributed by atoms with Gasteiger partial charge < -0.3 is 19.3 Å². The van der Waals surface area contributed by atoms with Crippen molar-refractivity contribution in [1.82, 2.24) is 0 Å². The van der Waals surface area contributed by atoms with Crippen LogP contribution in [0, 0.1) is 0 Å². The van der Waals surface area contributed by atoms with Crippen molar-refractivity contribution in [3.8, 4) is 11.5 Å². The minimum Gasteiger partial charge on any atom is -0.427 e. The van der Waals surface area contributed by atoms with Crippen LogP contribution in [-0.4, -0.2) is 36.4 Å². The van der Waals surface area contributed by atoms with Gasteiger partial charge in [-0.3, -0.25) is 9.59 Å². The van der Waals surface area contributed by atoms with E-state index in [0.717, 1.165) is 6.61 Å².